The van der Waals surface area contributed by atoms with Crippen LogP contribution in [0.1, 0.15) is 11.1 Å². The number of aliphatic imine (C=N–C) groups is 1. The molecule has 7 heteroatoms. The fraction of sp³-hybridized carbons (Fsp3) is 0.231. The molecule has 1 N–H and O–H groups in total. The number of hydrogen-bond donors (Lipinski definition) is 1. The van der Waals surface area contributed by atoms with Crippen molar-refractivity contribution in [3.63, 3.8) is 0 Å². The number of nitrogens with one attached hydrogen (secondary N) is 1. The lowest BCUT2D eigenvalue weighted by atomic mass is 10.1. The van der Waals surface area contributed by atoms with Crippen LogP contribution in [0.3, 0.4) is 0 Å². The molecule has 0 saturated heterocycles. The first kappa shape index (κ1) is 14.6. The number of halogens is 3. The minimum Gasteiger partial charge on any atom is -0.302 e. The first-order chi connectivity index (χ1) is 9.45. The zero-order valence-corrected chi connectivity index (χ0v) is 11.1. The number of amidine groups is 1. The van der Waals surface area contributed by atoms with Crippen molar-refractivity contribution in [2.45, 2.75) is 6.18 Å². The maximum absolute atomic E-state index is 12.4. The summed E-state index contributed by atoms with van der Waals surface area (Å²) in [5.74, 6) is 0.496. The predicted octanol–water partition coefficient (Wildman–Crippen LogP) is 2.94. The lowest BCUT2D eigenvalue weighted by molar-refractivity contribution is -0.137. The number of amides is 1. The van der Waals surface area contributed by atoms with Gasteiger partial charge in [0.2, 0.25) is 5.91 Å². The average molecular weight is 300 g/mol. The van der Waals surface area contributed by atoms with Crippen LogP contribution in [0.5, 0.6) is 0 Å². The fourth-order valence-corrected chi connectivity index (χ4v) is 2.24. The topological polar surface area (TPSA) is 41.5 Å². The molecule has 0 saturated carbocycles. The van der Waals surface area contributed by atoms with Gasteiger partial charge in [0.25, 0.3) is 0 Å². The van der Waals surface area contributed by atoms with Crippen molar-refractivity contribution in [3.8, 4) is 0 Å². The largest absolute Gasteiger partial charge is 0.416 e. The molecule has 0 atom stereocenters. The molecule has 106 valence electrons. The Balaban J connectivity index is 1.95. The fourth-order valence-electron chi connectivity index (χ4n) is 1.51. The molecular formula is C13H11F3N2OS. The summed E-state index contributed by atoms with van der Waals surface area (Å²) >= 11 is 1.46. The van der Waals surface area contributed by atoms with Crippen LogP contribution in [0.25, 0.3) is 6.08 Å². The van der Waals surface area contributed by atoms with E-state index in [-0.39, 0.29) is 5.91 Å². The highest BCUT2D eigenvalue weighted by atomic mass is 32.2. The number of benzene rings is 1. The third kappa shape index (κ3) is 4.12. The van der Waals surface area contributed by atoms with Gasteiger partial charge in [-0.05, 0) is 23.8 Å². The summed E-state index contributed by atoms with van der Waals surface area (Å²) in [5, 5.41) is 3.17. The third-order valence-electron chi connectivity index (χ3n) is 2.48. The molecule has 3 nitrogen and oxygen atoms in total. The molecule has 1 amide bonds. The minimum absolute atomic E-state index is 0.349. The predicted molar refractivity (Wildman–Crippen MR) is 73.4 cm³/mol. The molecule has 0 aliphatic carbocycles. The van der Waals surface area contributed by atoms with Crippen molar-refractivity contribution in [3.05, 3.63) is 41.5 Å². The number of alkyl halides is 3. The second-order valence-corrected chi connectivity index (χ2v) is 5.06. The van der Waals surface area contributed by atoms with Gasteiger partial charge >= 0.3 is 6.18 Å². The van der Waals surface area contributed by atoms with Crippen LogP contribution in [0, 0.1) is 0 Å². The number of carbonyl (C=O) groups is 1. The molecule has 2 rings (SSSR count). The second kappa shape index (κ2) is 6.13. The van der Waals surface area contributed by atoms with Crippen LogP contribution in [0.15, 0.2) is 35.3 Å². The Morgan fingerprint density at radius 1 is 1.30 bits per heavy atom. The molecule has 0 aromatic heterocycles. The van der Waals surface area contributed by atoms with Crippen molar-refractivity contribution in [2.75, 3.05) is 12.3 Å². The quantitative estimate of drug-likeness (QED) is 0.853. The Labute approximate surface area is 118 Å². The smallest absolute Gasteiger partial charge is 0.302 e. The van der Waals surface area contributed by atoms with Crippen molar-refractivity contribution in [1.29, 1.82) is 0 Å². The highest BCUT2D eigenvalue weighted by Crippen LogP contribution is 2.29. The first-order valence-corrected chi connectivity index (χ1v) is 6.77. The molecule has 1 heterocycles. The van der Waals surface area contributed by atoms with Crippen LogP contribution in [0.4, 0.5) is 13.2 Å². The summed E-state index contributed by atoms with van der Waals surface area (Å²) in [5.41, 5.74) is -0.190. The summed E-state index contributed by atoms with van der Waals surface area (Å²) < 4.78 is 37.1. The van der Waals surface area contributed by atoms with Gasteiger partial charge in [0.1, 0.15) is 0 Å². The van der Waals surface area contributed by atoms with E-state index in [4.69, 9.17) is 0 Å². The summed E-state index contributed by atoms with van der Waals surface area (Å²) in [6.07, 6.45) is -1.63. The normalized spacial score (nSPS) is 15.4. The SMILES string of the molecule is O=C(/C=C/c1ccc(C(F)(F)F)cc1)NC1=NCCS1. The molecule has 1 aliphatic rings. The van der Waals surface area contributed by atoms with Crippen LogP contribution in [-0.4, -0.2) is 23.4 Å². The number of thioether (sulfide) groups is 1. The number of hydrogen-bond acceptors (Lipinski definition) is 3. The van der Waals surface area contributed by atoms with E-state index < -0.39 is 11.7 Å². The van der Waals surface area contributed by atoms with E-state index in [0.29, 0.717) is 17.3 Å². The summed E-state index contributed by atoms with van der Waals surface area (Å²) in [6.45, 7) is 0.683. The number of carbonyl (C=O) groups excluding carboxylic acids is 1. The standard InChI is InChI=1S/C13H11F3N2OS/c14-13(15,16)10-4-1-9(2-5-10)3-6-11(19)18-12-17-7-8-20-12/h1-6H,7-8H2,(H,17,18,19)/b6-3+. The van der Waals surface area contributed by atoms with Crippen molar-refractivity contribution in [2.24, 2.45) is 4.99 Å². The minimum atomic E-state index is -4.35. The highest BCUT2D eigenvalue weighted by Gasteiger charge is 2.29. The zero-order valence-electron chi connectivity index (χ0n) is 10.3. The van der Waals surface area contributed by atoms with Crippen LogP contribution >= 0.6 is 11.8 Å². The van der Waals surface area contributed by atoms with Crippen LogP contribution in [0.2, 0.25) is 0 Å². The van der Waals surface area contributed by atoms with Gasteiger partial charge in [-0.1, -0.05) is 23.9 Å². The summed E-state index contributed by atoms with van der Waals surface area (Å²) in [6, 6.07) is 4.59. The number of rotatable bonds is 2. The second-order valence-electron chi connectivity index (χ2n) is 3.98. The molecule has 0 spiro atoms. The van der Waals surface area contributed by atoms with Crippen LogP contribution in [-0.2, 0) is 11.0 Å². The molecule has 0 bridgehead atoms. The van der Waals surface area contributed by atoms with Gasteiger partial charge in [-0.3, -0.25) is 9.79 Å². The molecule has 0 unspecified atom stereocenters. The van der Waals surface area contributed by atoms with Gasteiger partial charge in [0.05, 0.1) is 12.1 Å². The van der Waals surface area contributed by atoms with E-state index in [1.54, 1.807) is 0 Å². The van der Waals surface area contributed by atoms with Crippen molar-refractivity contribution < 1.29 is 18.0 Å². The Morgan fingerprint density at radius 3 is 2.55 bits per heavy atom. The van der Waals surface area contributed by atoms with Gasteiger partial charge < -0.3 is 5.32 Å². The Bertz CT molecular complexity index is 550. The zero-order chi connectivity index (χ0) is 14.6. The Kier molecular flexibility index (Phi) is 4.49. The molecule has 1 aromatic carbocycles. The molecular weight excluding hydrogens is 289 g/mol. The molecule has 0 fully saturated rings. The Hall–Kier alpha value is -1.76. The van der Waals surface area contributed by atoms with E-state index >= 15 is 0 Å². The maximum atomic E-state index is 12.4. The van der Waals surface area contributed by atoms with Gasteiger partial charge in [-0.15, -0.1) is 0 Å². The number of nitrogens with zero attached hydrogens (tertiary/aromatic N) is 1. The monoisotopic (exact) mass is 300 g/mol. The molecule has 20 heavy (non-hydrogen) atoms. The van der Waals surface area contributed by atoms with Gasteiger partial charge in [0, 0.05) is 11.8 Å². The summed E-state index contributed by atoms with van der Waals surface area (Å²) in [7, 11) is 0. The van der Waals surface area contributed by atoms with Crippen molar-refractivity contribution >= 4 is 28.9 Å². The van der Waals surface area contributed by atoms with E-state index in [0.717, 1.165) is 17.9 Å². The molecule has 0 radical (unpaired) electrons. The molecule has 1 aliphatic heterocycles. The lowest BCUT2D eigenvalue weighted by Crippen LogP contribution is -2.25. The van der Waals surface area contributed by atoms with Gasteiger partial charge in [-0.25, -0.2) is 0 Å². The lowest BCUT2D eigenvalue weighted by Gasteiger charge is -2.05. The average Bonchev–Trinajstić information content (AvgIpc) is 2.88. The van der Waals surface area contributed by atoms with E-state index in [1.165, 1.54) is 36.0 Å². The van der Waals surface area contributed by atoms with Crippen LogP contribution < -0.4 is 5.32 Å². The summed E-state index contributed by atoms with van der Waals surface area (Å²) in [4.78, 5) is 15.6. The third-order valence-corrected chi connectivity index (χ3v) is 3.37. The first-order valence-electron chi connectivity index (χ1n) is 5.79. The highest BCUT2D eigenvalue weighted by molar-refractivity contribution is 8.14. The van der Waals surface area contributed by atoms with E-state index in [9.17, 15) is 18.0 Å². The van der Waals surface area contributed by atoms with Gasteiger partial charge in [0.15, 0.2) is 5.17 Å². The van der Waals surface area contributed by atoms with Crippen molar-refractivity contribution in [1.82, 2.24) is 5.32 Å². The Morgan fingerprint density at radius 2 is 2.00 bits per heavy atom. The van der Waals surface area contributed by atoms with Gasteiger partial charge in [-0.2, -0.15) is 13.2 Å². The maximum Gasteiger partial charge on any atom is 0.416 e. The van der Waals surface area contributed by atoms with E-state index in [2.05, 4.69) is 10.3 Å². The molecule has 1 aromatic rings. The van der Waals surface area contributed by atoms with E-state index in [1.807, 2.05) is 0 Å².